The van der Waals surface area contributed by atoms with Crippen molar-refractivity contribution < 1.29 is 19.1 Å². The molecule has 8 nitrogen and oxygen atoms in total. The number of methoxy groups -OCH3 is 2. The molecule has 0 saturated heterocycles. The van der Waals surface area contributed by atoms with Gasteiger partial charge >= 0.3 is 5.97 Å². The van der Waals surface area contributed by atoms with Gasteiger partial charge < -0.3 is 14.8 Å². The van der Waals surface area contributed by atoms with Gasteiger partial charge in [0, 0.05) is 13.7 Å². The van der Waals surface area contributed by atoms with Crippen molar-refractivity contribution in [1.29, 1.82) is 0 Å². The van der Waals surface area contributed by atoms with Gasteiger partial charge in [-0.3, -0.25) is 4.79 Å². The Morgan fingerprint density at radius 3 is 2.67 bits per heavy atom. The molecule has 0 aliphatic rings. The van der Waals surface area contributed by atoms with Gasteiger partial charge in [-0.15, -0.1) is 5.10 Å². The predicted molar refractivity (Wildman–Crippen MR) is 74.7 cm³/mol. The summed E-state index contributed by atoms with van der Waals surface area (Å²) in [6, 6.07) is -0.585. The molecule has 1 atom stereocenters. The first-order chi connectivity index (χ1) is 10.1. The van der Waals surface area contributed by atoms with Crippen LogP contribution in [0.5, 0.6) is 0 Å². The van der Waals surface area contributed by atoms with Crippen LogP contribution in [0.3, 0.4) is 0 Å². The van der Waals surface area contributed by atoms with Crippen LogP contribution in [-0.4, -0.2) is 47.6 Å². The van der Waals surface area contributed by atoms with E-state index in [9.17, 15) is 9.59 Å². The predicted octanol–water partition coefficient (Wildman–Crippen LogP) is 0.688. The van der Waals surface area contributed by atoms with Gasteiger partial charge in [-0.1, -0.05) is 18.6 Å². The Morgan fingerprint density at radius 1 is 1.38 bits per heavy atom. The Balaban J connectivity index is 2.92. The molecule has 0 saturated carbocycles. The number of ether oxygens (including phenoxy) is 2. The molecule has 0 spiro atoms. The number of hydrogen-bond acceptors (Lipinski definition) is 6. The van der Waals surface area contributed by atoms with E-state index in [4.69, 9.17) is 4.74 Å². The second kappa shape index (κ2) is 8.35. The Morgan fingerprint density at radius 2 is 2.10 bits per heavy atom. The smallest absolute Gasteiger partial charge is 0.360 e. The minimum atomic E-state index is -0.605. The normalized spacial score (nSPS) is 12.0. The number of nitrogens with one attached hydrogen (secondary N) is 1. The zero-order valence-corrected chi connectivity index (χ0v) is 12.9. The van der Waals surface area contributed by atoms with Gasteiger partial charge in [0.15, 0.2) is 5.69 Å². The molecule has 0 aliphatic heterocycles. The van der Waals surface area contributed by atoms with Crippen LogP contribution in [0.1, 0.15) is 48.9 Å². The number of aromatic nitrogens is 3. The Kier molecular flexibility index (Phi) is 6.80. The fourth-order valence-corrected chi connectivity index (χ4v) is 1.80. The summed E-state index contributed by atoms with van der Waals surface area (Å²) in [4.78, 5) is 23.7. The molecule has 0 radical (unpaired) electrons. The number of esters is 1. The maximum absolute atomic E-state index is 12.1. The minimum absolute atomic E-state index is 0.0626. The van der Waals surface area contributed by atoms with Crippen LogP contribution >= 0.6 is 0 Å². The molecule has 1 amide bonds. The van der Waals surface area contributed by atoms with Crippen molar-refractivity contribution in [3.63, 3.8) is 0 Å². The van der Waals surface area contributed by atoms with Gasteiger partial charge in [0.05, 0.1) is 13.7 Å². The van der Waals surface area contributed by atoms with Crippen LogP contribution < -0.4 is 5.32 Å². The number of unbranched alkanes of at least 4 members (excludes halogenated alkanes) is 1. The summed E-state index contributed by atoms with van der Waals surface area (Å²) < 4.78 is 11.1. The molecule has 8 heteroatoms. The highest BCUT2D eigenvalue weighted by Crippen LogP contribution is 2.14. The molecule has 1 N–H and O–H groups in total. The van der Waals surface area contributed by atoms with E-state index in [1.165, 1.54) is 18.9 Å². The van der Waals surface area contributed by atoms with E-state index < -0.39 is 12.0 Å². The molecular weight excluding hydrogens is 276 g/mol. The number of carbonyl (C=O) groups excluding carboxylic acids is 2. The third-order valence-electron chi connectivity index (χ3n) is 3.03. The first-order valence-corrected chi connectivity index (χ1v) is 6.85. The monoisotopic (exact) mass is 298 g/mol. The van der Waals surface area contributed by atoms with Crippen molar-refractivity contribution >= 4 is 11.9 Å². The molecule has 1 unspecified atom stereocenters. The van der Waals surface area contributed by atoms with Gasteiger partial charge in [0.2, 0.25) is 5.91 Å². The second-order valence-electron chi connectivity index (χ2n) is 4.57. The van der Waals surface area contributed by atoms with Crippen molar-refractivity contribution in [2.75, 3.05) is 20.8 Å². The van der Waals surface area contributed by atoms with Gasteiger partial charge in [0.1, 0.15) is 11.7 Å². The molecule has 0 aliphatic carbocycles. The summed E-state index contributed by atoms with van der Waals surface area (Å²) in [5.74, 6) is -0.783. The van der Waals surface area contributed by atoms with Crippen molar-refractivity contribution in [1.82, 2.24) is 20.3 Å². The van der Waals surface area contributed by atoms with Crippen LogP contribution in [0.15, 0.2) is 0 Å². The molecule has 1 heterocycles. The van der Waals surface area contributed by atoms with Crippen LogP contribution in [0, 0.1) is 0 Å². The van der Waals surface area contributed by atoms with Gasteiger partial charge in [-0.05, 0) is 13.3 Å². The molecule has 1 aromatic heterocycles. The Labute approximate surface area is 123 Å². The zero-order valence-electron chi connectivity index (χ0n) is 12.9. The largest absolute Gasteiger partial charge is 0.464 e. The van der Waals surface area contributed by atoms with E-state index in [-0.39, 0.29) is 18.2 Å². The lowest BCUT2D eigenvalue weighted by atomic mass is 10.2. The van der Waals surface area contributed by atoms with E-state index in [2.05, 4.69) is 20.4 Å². The molecule has 21 heavy (non-hydrogen) atoms. The highest BCUT2D eigenvalue weighted by atomic mass is 16.5. The second-order valence-corrected chi connectivity index (χ2v) is 4.57. The SMILES string of the molecule is CCCCNC(=O)C(C)n1nnc(C(=O)OC)c1COC. The van der Waals surface area contributed by atoms with E-state index in [0.29, 0.717) is 12.2 Å². The van der Waals surface area contributed by atoms with Gasteiger partial charge in [0.25, 0.3) is 0 Å². The number of rotatable bonds is 8. The molecule has 118 valence electrons. The van der Waals surface area contributed by atoms with E-state index in [1.54, 1.807) is 6.92 Å². The summed E-state index contributed by atoms with van der Waals surface area (Å²) in [6.07, 6.45) is 1.91. The Hall–Kier alpha value is -1.96. The lowest BCUT2D eigenvalue weighted by Crippen LogP contribution is -2.33. The lowest BCUT2D eigenvalue weighted by Gasteiger charge is -2.14. The minimum Gasteiger partial charge on any atom is -0.464 e. The van der Waals surface area contributed by atoms with Crippen molar-refractivity contribution in [2.24, 2.45) is 0 Å². The molecule has 0 bridgehead atoms. The third kappa shape index (κ3) is 4.25. The maximum atomic E-state index is 12.1. The Bertz CT molecular complexity index is 487. The fraction of sp³-hybridized carbons (Fsp3) is 0.692. The summed E-state index contributed by atoms with van der Waals surface area (Å²) in [5, 5.41) is 10.5. The summed E-state index contributed by atoms with van der Waals surface area (Å²) in [6.45, 7) is 4.46. The highest BCUT2D eigenvalue weighted by molar-refractivity contribution is 5.88. The van der Waals surface area contributed by atoms with E-state index in [0.717, 1.165) is 12.8 Å². The maximum Gasteiger partial charge on any atom is 0.360 e. The van der Waals surface area contributed by atoms with Crippen molar-refractivity contribution in [3.8, 4) is 0 Å². The number of amides is 1. The average Bonchev–Trinajstić information content (AvgIpc) is 2.90. The van der Waals surface area contributed by atoms with Crippen LogP contribution in [0.2, 0.25) is 0 Å². The zero-order chi connectivity index (χ0) is 15.8. The van der Waals surface area contributed by atoms with Crippen molar-refractivity contribution in [2.45, 2.75) is 39.3 Å². The average molecular weight is 298 g/mol. The van der Waals surface area contributed by atoms with Crippen LogP contribution in [0.4, 0.5) is 0 Å². The third-order valence-corrected chi connectivity index (χ3v) is 3.03. The van der Waals surface area contributed by atoms with Crippen molar-refractivity contribution in [3.05, 3.63) is 11.4 Å². The topological polar surface area (TPSA) is 95.3 Å². The van der Waals surface area contributed by atoms with E-state index in [1.807, 2.05) is 6.92 Å². The fourth-order valence-electron chi connectivity index (χ4n) is 1.80. The van der Waals surface area contributed by atoms with Gasteiger partial charge in [-0.2, -0.15) is 0 Å². The number of hydrogen-bond donors (Lipinski definition) is 1. The van der Waals surface area contributed by atoms with Crippen LogP contribution in [-0.2, 0) is 20.9 Å². The molecule has 1 rings (SSSR count). The lowest BCUT2D eigenvalue weighted by molar-refractivity contribution is -0.124. The van der Waals surface area contributed by atoms with E-state index >= 15 is 0 Å². The first kappa shape index (κ1) is 17.1. The summed E-state index contributed by atoms with van der Waals surface area (Å²) >= 11 is 0. The summed E-state index contributed by atoms with van der Waals surface area (Å²) in [7, 11) is 2.75. The highest BCUT2D eigenvalue weighted by Gasteiger charge is 2.25. The first-order valence-electron chi connectivity index (χ1n) is 6.85. The standard InChI is InChI=1S/C13H22N4O4/c1-5-6-7-14-12(18)9(2)17-10(8-20-3)11(15-16-17)13(19)21-4/h9H,5-8H2,1-4H3,(H,14,18). The number of nitrogens with zero attached hydrogens (tertiary/aromatic N) is 3. The van der Waals surface area contributed by atoms with Gasteiger partial charge in [-0.25, -0.2) is 9.48 Å². The molecular formula is C13H22N4O4. The molecule has 1 aromatic rings. The summed E-state index contributed by atoms with van der Waals surface area (Å²) in [5.41, 5.74) is 0.482. The quantitative estimate of drug-likeness (QED) is 0.560. The van der Waals surface area contributed by atoms with Crippen LogP contribution in [0.25, 0.3) is 0 Å². The molecule has 0 fully saturated rings. The molecule has 0 aromatic carbocycles. The number of carbonyl (C=O) groups is 2.